The highest BCUT2D eigenvalue weighted by molar-refractivity contribution is 5.89. The lowest BCUT2D eigenvalue weighted by atomic mass is 10.00. The predicted octanol–water partition coefficient (Wildman–Crippen LogP) is 3.61. The maximum atomic E-state index is 12.5. The summed E-state index contributed by atoms with van der Waals surface area (Å²) in [5, 5.41) is 7.32. The van der Waals surface area contributed by atoms with Gasteiger partial charge in [-0.3, -0.25) is 5.32 Å². The Morgan fingerprint density at radius 3 is 2.75 bits per heavy atom. The Bertz CT molecular complexity index is 746. The van der Waals surface area contributed by atoms with Crippen molar-refractivity contribution in [2.24, 2.45) is 5.92 Å². The molecule has 0 unspecified atom stereocenters. The normalized spacial score (nSPS) is 17.5. The molecule has 4 rings (SSSR count). The van der Waals surface area contributed by atoms with Crippen LogP contribution in [0.15, 0.2) is 48.7 Å². The summed E-state index contributed by atoms with van der Waals surface area (Å²) in [6, 6.07) is 12.2. The monoisotopic (exact) mass is 322 g/mol. The van der Waals surface area contributed by atoms with Crippen LogP contribution >= 0.6 is 0 Å². The molecule has 5 heteroatoms. The van der Waals surface area contributed by atoms with Gasteiger partial charge in [-0.05, 0) is 36.3 Å². The van der Waals surface area contributed by atoms with Gasteiger partial charge in [0.25, 0.3) is 0 Å². The molecule has 2 heterocycles. The lowest BCUT2D eigenvalue weighted by Gasteiger charge is -2.27. The maximum Gasteiger partial charge on any atom is 0.323 e. The van der Waals surface area contributed by atoms with Crippen LogP contribution < -0.4 is 5.32 Å². The molecule has 0 radical (unpaired) electrons. The average Bonchev–Trinajstić information content (AvgIpc) is 3.35. The molecule has 1 aliphatic carbocycles. The summed E-state index contributed by atoms with van der Waals surface area (Å²) in [5.41, 5.74) is 2.57. The molecule has 2 amide bonds. The van der Waals surface area contributed by atoms with Gasteiger partial charge in [0.1, 0.15) is 5.82 Å². The summed E-state index contributed by atoms with van der Waals surface area (Å²) in [5.74, 6) is 1.52. The molecular formula is C19H22N4O. The quantitative estimate of drug-likeness (QED) is 0.935. The zero-order valence-corrected chi connectivity index (χ0v) is 13.7. The number of urea groups is 1. The third-order valence-electron chi connectivity index (χ3n) is 4.72. The zero-order chi connectivity index (χ0) is 16.4. The number of carbonyl (C=O) groups excluding carboxylic acids is 1. The van der Waals surface area contributed by atoms with E-state index >= 15 is 0 Å². The first-order valence-corrected chi connectivity index (χ1v) is 8.62. The highest BCUT2D eigenvalue weighted by Gasteiger charge is 2.24. The third-order valence-corrected chi connectivity index (χ3v) is 4.72. The van der Waals surface area contributed by atoms with Crippen molar-refractivity contribution in [3.05, 3.63) is 54.2 Å². The highest BCUT2D eigenvalue weighted by Crippen LogP contribution is 2.31. The Labute approximate surface area is 142 Å². The first kappa shape index (κ1) is 15.0. The number of hydrogen-bond donors (Lipinski definition) is 1. The van der Waals surface area contributed by atoms with Crippen molar-refractivity contribution in [1.82, 2.24) is 14.7 Å². The molecule has 2 aromatic rings. The summed E-state index contributed by atoms with van der Waals surface area (Å²) in [7, 11) is 0. The van der Waals surface area contributed by atoms with Gasteiger partial charge in [0.05, 0.1) is 6.20 Å². The van der Waals surface area contributed by atoms with Crippen LogP contribution in [0, 0.1) is 5.92 Å². The summed E-state index contributed by atoms with van der Waals surface area (Å²) in [4.78, 5) is 14.4. The summed E-state index contributed by atoms with van der Waals surface area (Å²) < 4.78 is 1.91. The second kappa shape index (κ2) is 6.51. The number of amides is 2. The molecule has 0 spiro atoms. The van der Waals surface area contributed by atoms with Crippen LogP contribution in [0.25, 0.3) is 5.57 Å². The Kier molecular flexibility index (Phi) is 4.07. The van der Waals surface area contributed by atoms with E-state index in [1.807, 2.05) is 21.7 Å². The maximum absolute atomic E-state index is 12.5. The van der Waals surface area contributed by atoms with Gasteiger partial charge >= 0.3 is 6.03 Å². The van der Waals surface area contributed by atoms with Crippen LogP contribution in [0.3, 0.4) is 0 Å². The van der Waals surface area contributed by atoms with Crippen molar-refractivity contribution >= 4 is 17.4 Å². The molecule has 1 N–H and O–H groups in total. The van der Waals surface area contributed by atoms with E-state index in [1.54, 1.807) is 6.20 Å². The van der Waals surface area contributed by atoms with Crippen LogP contribution in [0.5, 0.6) is 0 Å². The topological polar surface area (TPSA) is 50.2 Å². The van der Waals surface area contributed by atoms with Gasteiger partial charge in [-0.2, -0.15) is 5.10 Å². The number of anilines is 1. The Balaban J connectivity index is 1.38. The van der Waals surface area contributed by atoms with Crippen molar-refractivity contribution < 1.29 is 4.79 Å². The van der Waals surface area contributed by atoms with Crippen molar-refractivity contribution in [3.63, 3.8) is 0 Å². The molecule has 5 nitrogen and oxygen atoms in total. The Morgan fingerprint density at radius 2 is 2.04 bits per heavy atom. The van der Waals surface area contributed by atoms with E-state index in [2.05, 4.69) is 40.8 Å². The standard InChI is InChI=1S/C19H22N4O/c24-19(21-18-8-11-20-23(18)14-15-6-7-15)22-12-9-17(10-13-22)16-4-2-1-3-5-16/h1-5,8-9,11,15H,6-7,10,12-14H2,(H,21,24). The molecular weight excluding hydrogens is 300 g/mol. The van der Waals surface area contributed by atoms with Gasteiger partial charge in [-0.1, -0.05) is 36.4 Å². The van der Waals surface area contributed by atoms with Crippen LogP contribution in [0.1, 0.15) is 24.8 Å². The van der Waals surface area contributed by atoms with Crippen molar-refractivity contribution in [2.75, 3.05) is 18.4 Å². The van der Waals surface area contributed by atoms with Gasteiger partial charge in [0.15, 0.2) is 0 Å². The van der Waals surface area contributed by atoms with E-state index in [9.17, 15) is 4.79 Å². The minimum atomic E-state index is -0.0455. The zero-order valence-electron chi connectivity index (χ0n) is 13.7. The van der Waals surface area contributed by atoms with Gasteiger partial charge in [-0.25, -0.2) is 9.48 Å². The fourth-order valence-corrected chi connectivity index (χ4v) is 3.09. The lowest BCUT2D eigenvalue weighted by molar-refractivity contribution is 0.216. The number of carbonyl (C=O) groups is 1. The number of aromatic nitrogens is 2. The van der Waals surface area contributed by atoms with E-state index < -0.39 is 0 Å². The molecule has 0 bridgehead atoms. The van der Waals surface area contributed by atoms with Crippen LogP contribution in [-0.4, -0.2) is 33.8 Å². The van der Waals surface area contributed by atoms with E-state index in [4.69, 9.17) is 0 Å². The van der Waals surface area contributed by atoms with Gasteiger partial charge < -0.3 is 4.90 Å². The SMILES string of the molecule is O=C(Nc1ccnn1CC1CC1)N1CC=C(c2ccccc2)CC1. The molecule has 1 fully saturated rings. The largest absolute Gasteiger partial charge is 0.323 e. The second-order valence-electron chi connectivity index (χ2n) is 6.56. The molecule has 0 saturated heterocycles. The van der Waals surface area contributed by atoms with Crippen molar-refractivity contribution in [1.29, 1.82) is 0 Å². The first-order chi connectivity index (χ1) is 11.8. The van der Waals surface area contributed by atoms with E-state index in [0.29, 0.717) is 6.54 Å². The van der Waals surface area contributed by atoms with E-state index in [1.165, 1.54) is 24.0 Å². The van der Waals surface area contributed by atoms with Crippen molar-refractivity contribution in [2.45, 2.75) is 25.8 Å². The molecule has 1 saturated carbocycles. The van der Waals surface area contributed by atoms with Crippen LogP contribution in [0.4, 0.5) is 10.6 Å². The molecule has 1 aromatic heterocycles. The summed E-state index contributed by atoms with van der Waals surface area (Å²) >= 11 is 0. The summed E-state index contributed by atoms with van der Waals surface area (Å²) in [6.45, 7) is 2.29. The number of rotatable bonds is 4. The Morgan fingerprint density at radius 1 is 1.21 bits per heavy atom. The molecule has 0 atom stereocenters. The summed E-state index contributed by atoms with van der Waals surface area (Å²) in [6.07, 6.45) is 7.33. The van der Waals surface area contributed by atoms with Crippen LogP contribution in [0.2, 0.25) is 0 Å². The number of hydrogen-bond acceptors (Lipinski definition) is 2. The lowest BCUT2D eigenvalue weighted by Crippen LogP contribution is -2.38. The number of nitrogens with zero attached hydrogens (tertiary/aromatic N) is 3. The fraction of sp³-hybridized carbons (Fsp3) is 0.368. The third kappa shape index (κ3) is 3.35. The Hall–Kier alpha value is -2.56. The number of benzene rings is 1. The predicted molar refractivity (Wildman–Crippen MR) is 94.6 cm³/mol. The molecule has 24 heavy (non-hydrogen) atoms. The smallest absolute Gasteiger partial charge is 0.320 e. The van der Waals surface area contributed by atoms with Crippen LogP contribution in [-0.2, 0) is 6.54 Å². The minimum Gasteiger partial charge on any atom is -0.320 e. The molecule has 1 aromatic carbocycles. The highest BCUT2D eigenvalue weighted by atomic mass is 16.2. The number of nitrogens with one attached hydrogen (secondary N) is 1. The first-order valence-electron chi connectivity index (χ1n) is 8.62. The van der Waals surface area contributed by atoms with Crippen molar-refractivity contribution in [3.8, 4) is 0 Å². The van der Waals surface area contributed by atoms with E-state index in [0.717, 1.165) is 31.2 Å². The molecule has 2 aliphatic rings. The molecule has 1 aliphatic heterocycles. The minimum absolute atomic E-state index is 0.0455. The molecule has 124 valence electrons. The van der Waals surface area contributed by atoms with Gasteiger partial charge in [0, 0.05) is 25.7 Å². The fourth-order valence-electron chi connectivity index (χ4n) is 3.09. The average molecular weight is 322 g/mol. The van der Waals surface area contributed by atoms with Gasteiger partial charge in [0.2, 0.25) is 0 Å². The second-order valence-corrected chi connectivity index (χ2v) is 6.56. The van der Waals surface area contributed by atoms with E-state index in [-0.39, 0.29) is 6.03 Å². The van der Waals surface area contributed by atoms with Gasteiger partial charge in [-0.15, -0.1) is 0 Å².